The van der Waals surface area contributed by atoms with Crippen molar-refractivity contribution in [3.8, 4) is 0 Å². The summed E-state index contributed by atoms with van der Waals surface area (Å²) in [6, 6.07) is 6.94. The second kappa shape index (κ2) is 8.33. The van der Waals surface area contributed by atoms with Gasteiger partial charge >= 0.3 is 0 Å². The van der Waals surface area contributed by atoms with Gasteiger partial charge in [0.1, 0.15) is 0 Å². The number of rotatable bonds is 9. The Labute approximate surface area is 117 Å². The Bertz CT molecular complexity index is 452. The Morgan fingerprint density at radius 3 is 2.16 bits per heavy atom. The van der Waals surface area contributed by atoms with Crippen molar-refractivity contribution >= 4 is 10.0 Å². The molecule has 0 saturated carbocycles. The van der Waals surface area contributed by atoms with Crippen LogP contribution in [0.25, 0.3) is 0 Å². The van der Waals surface area contributed by atoms with E-state index in [1.165, 1.54) is 25.7 Å². The quantitative estimate of drug-likeness (QED) is 0.703. The van der Waals surface area contributed by atoms with E-state index in [1.807, 2.05) is 19.1 Å². The molecule has 0 unspecified atom stereocenters. The highest BCUT2D eigenvalue weighted by atomic mass is 32.2. The molecule has 0 saturated heterocycles. The zero-order chi connectivity index (χ0) is 14.1. The van der Waals surface area contributed by atoms with E-state index in [2.05, 4.69) is 11.6 Å². The Morgan fingerprint density at radius 2 is 1.53 bits per heavy atom. The summed E-state index contributed by atoms with van der Waals surface area (Å²) >= 11 is 0. The van der Waals surface area contributed by atoms with Crippen LogP contribution in [0.4, 0.5) is 0 Å². The van der Waals surface area contributed by atoms with Gasteiger partial charge in [0.25, 0.3) is 0 Å². The van der Waals surface area contributed by atoms with Crippen LogP contribution in [0.5, 0.6) is 0 Å². The first-order valence-electron chi connectivity index (χ1n) is 7.12. The van der Waals surface area contributed by atoms with E-state index in [1.54, 1.807) is 12.1 Å². The summed E-state index contributed by atoms with van der Waals surface area (Å²) in [7, 11) is -3.32. The van der Waals surface area contributed by atoms with Gasteiger partial charge in [-0.05, 0) is 25.5 Å². The molecule has 1 rings (SSSR count). The average molecular weight is 283 g/mol. The summed E-state index contributed by atoms with van der Waals surface area (Å²) in [5.74, 6) is 0. The molecule has 0 heterocycles. The van der Waals surface area contributed by atoms with E-state index >= 15 is 0 Å². The lowest BCUT2D eigenvalue weighted by atomic mass is 10.1. The van der Waals surface area contributed by atoms with E-state index in [9.17, 15) is 8.42 Å². The monoisotopic (exact) mass is 283 g/mol. The van der Waals surface area contributed by atoms with E-state index in [4.69, 9.17) is 0 Å². The highest BCUT2D eigenvalue weighted by molar-refractivity contribution is 7.89. The van der Waals surface area contributed by atoms with Gasteiger partial charge in [-0.1, -0.05) is 56.7 Å². The van der Waals surface area contributed by atoms with Crippen LogP contribution < -0.4 is 4.72 Å². The Kier molecular flexibility index (Phi) is 7.10. The fourth-order valence-electron chi connectivity index (χ4n) is 1.91. The van der Waals surface area contributed by atoms with Crippen LogP contribution in [-0.2, 0) is 10.0 Å². The molecule has 3 nitrogen and oxygen atoms in total. The molecule has 4 heteroatoms. The van der Waals surface area contributed by atoms with Crippen LogP contribution in [0.1, 0.15) is 51.0 Å². The summed E-state index contributed by atoms with van der Waals surface area (Å²) < 4.78 is 26.6. The number of hydrogen-bond acceptors (Lipinski definition) is 2. The molecule has 0 spiro atoms. The van der Waals surface area contributed by atoms with Gasteiger partial charge in [0.05, 0.1) is 4.90 Å². The first kappa shape index (κ1) is 16.2. The fourth-order valence-corrected chi connectivity index (χ4v) is 2.99. The normalized spacial score (nSPS) is 11.7. The highest BCUT2D eigenvalue weighted by Crippen LogP contribution is 2.10. The summed E-state index contributed by atoms with van der Waals surface area (Å²) in [5.41, 5.74) is 1.06. The predicted octanol–water partition coefficient (Wildman–Crippen LogP) is 3.63. The van der Waals surface area contributed by atoms with Crippen LogP contribution in [0.3, 0.4) is 0 Å². The molecule has 0 bridgehead atoms. The Morgan fingerprint density at radius 1 is 0.947 bits per heavy atom. The molecule has 0 aliphatic carbocycles. The number of hydrogen-bond donors (Lipinski definition) is 1. The largest absolute Gasteiger partial charge is 0.240 e. The molecule has 0 radical (unpaired) electrons. The molecule has 1 aromatic rings. The van der Waals surface area contributed by atoms with E-state index in [-0.39, 0.29) is 0 Å². The lowest BCUT2D eigenvalue weighted by Crippen LogP contribution is -2.24. The minimum absolute atomic E-state index is 0.351. The van der Waals surface area contributed by atoms with Gasteiger partial charge in [-0.15, -0.1) is 0 Å². The molecule has 0 amide bonds. The molecule has 108 valence electrons. The van der Waals surface area contributed by atoms with Crippen molar-refractivity contribution < 1.29 is 8.42 Å². The summed E-state index contributed by atoms with van der Waals surface area (Å²) in [6.45, 7) is 4.66. The van der Waals surface area contributed by atoms with Crippen molar-refractivity contribution in [3.05, 3.63) is 29.8 Å². The number of benzene rings is 1. The van der Waals surface area contributed by atoms with Gasteiger partial charge in [0, 0.05) is 6.54 Å². The van der Waals surface area contributed by atoms with Crippen molar-refractivity contribution in [2.24, 2.45) is 0 Å². The Hall–Kier alpha value is -0.870. The molecule has 0 aliphatic rings. The van der Waals surface area contributed by atoms with Crippen LogP contribution in [-0.4, -0.2) is 15.0 Å². The molecule has 0 aromatic heterocycles. The third kappa shape index (κ3) is 6.21. The molecule has 1 N–H and O–H groups in total. The maximum atomic E-state index is 12.0. The number of unbranched alkanes of at least 4 members (excludes halogenated alkanes) is 5. The average Bonchev–Trinajstić information content (AvgIpc) is 2.38. The van der Waals surface area contributed by atoms with Crippen LogP contribution >= 0.6 is 0 Å². The lowest BCUT2D eigenvalue weighted by molar-refractivity contribution is 0.567. The first-order chi connectivity index (χ1) is 9.06. The highest BCUT2D eigenvalue weighted by Gasteiger charge is 2.12. The van der Waals surface area contributed by atoms with Gasteiger partial charge in [-0.2, -0.15) is 0 Å². The SMILES string of the molecule is CCCCCCCCNS(=O)(=O)c1ccc(C)cc1. The van der Waals surface area contributed by atoms with Crippen molar-refractivity contribution in [2.45, 2.75) is 57.3 Å². The summed E-state index contributed by atoms with van der Waals surface area (Å²) in [5, 5.41) is 0. The second-order valence-electron chi connectivity index (χ2n) is 4.98. The molecule has 0 atom stereocenters. The predicted molar refractivity (Wildman–Crippen MR) is 79.7 cm³/mol. The van der Waals surface area contributed by atoms with E-state index < -0.39 is 10.0 Å². The van der Waals surface area contributed by atoms with Crippen molar-refractivity contribution in [1.82, 2.24) is 4.72 Å². The van der Waals surface area contributed by atoms with Gasteiger partial charge in [0.2, 0.25) is 10.0 Å². The minimum Gasteiger partial charge on any atom is -0.211 e. The van der Waals surface area contributed by atoms with Gasteiger partial charge < -0.3 is 0 Å². The lowest BCUT2D eigenvalue weighted by Gasteiger charge is -2.07. The zero-order valence-electron chi connectivity index (χ0n) is 12.0. The van der Waals surface area contributed by atoms with E-state index in [0.29, 0.717) is 11.4 Å². The van der Waals surface area contributed by atoms with Crippen LogP contribution in [0.15, 0.2) is 29.2 Å². The zero-order valence-corrected chi connectivity index (χ0v) is 12.8. The van der Waals surface area contributed by atoms with Crippen LogP contribution in [0, 0.1) is 6.92 Å². The van der Waals surface area contributed by atoms with Gasteiger partial charge in [-0.25, -0.2) is 13.1 Å². The topological polar surface area (TPSA) is 46.2 Å². The van der Waals surface area contributed by atoms with Crippen molar-refractivity contribution in [2.75, 3.05) is 6.54 Å². The number of sulfonamides is 1. The maximum absolute atomic E-state index is 12.0. The van der Waals surface area contributed by atoms with Crippen molar-refractivity contribution in [1.29, 1.82) is 0 Å². The standard InChI is InChI=1S/C15H25NO2S/c1-3-4-5-6-7-8-13-16-19(17,18)15-11-9-14(2)10-12-15/h9-12,16H,3-8,13H2,1-2H3. The van der Waals surface area contributed by atoms with E-state index in [0.717, 1.165) is 18.4 Å². The molecular weight excluding hydrogens is 258 g/mol. The third-order valence-corrected chi connectivity index (χ3v) is 4.63. The molecular formula is C15H25NO2S. The van der Waals surface area contributed by atoms with Crippen LogP contribution in [0.2, 0.25) is 0 Å². The molecule has 0 aliphatic heterocycles. The summed E-state index contributed by atoms with van der Waals surface area (Å²) in [4.78, 5) is 0.351. The smallest absolute Gasteiger partial charge is 0.211 e. The molecule has 0 fully saturated rings. The van der Waals surface area contributed by atoms with Crippen molar-refractivity contribution in [3.63, 3.8) is 0 Å². The number of aryl methyl sites for hydroxylation is 1. The summed E-state index contributed by atoms with van der Waals surface area (Å²) in [6.07, 6.45) is 6.96. The van der Waals surface area contributed by atoms with Gasteiger partial charge in [-0.3, -0.25) is 0 Å². The maximum Gasteiger partial charge on any atom is 0.240 e. The first-order valence-corrected chi connectivity index (χ1v) is 8.61. The fraction of sp³-hybridized carbons (Fsp3) is 0.600. The number of nitrogens with one attached hydrogen (secondary N) is 1. The Balaban J connectivity index is 2.29. The molecule has 1 aromatic carbocycles. The third-order valence-electron chi connectivity index (χ3n) is 3.15. The minimum atomic E-state index is -3.32. The van der Waals surface area contributed by atoms with Gasteiger partial charge in [0.15, 0.2) is 0 Å². The second-order valence-corrected chi connectivity index (χ2v) is 6.75. The molecule has 19 heavy (non-hydrogen) atoms.